The van der Waals surface area contributed by atoms with E-state index >= 15 is 0 Å². The van der Waals surface area contributed by atoms with Crippen molar-refractivity contribution in [3.63, 3.8) is 0 Å². The number of fused-ring (bicyclic) bond motifs is 1. The summed E-state index contributed by atoms with van der Waals surface area (Å²) in [6.07, 6.45) is 13.3. The number of hydrogen-bond acceptors (Lipinski definition) is 3. The maximum absolute atomic E-state index is 9.48. The highest BCUT2D eigenvalue weighted by Crippen LogP contribution is 2.26. The lowest BCUT2D eigenvalue weighted by Crippen LogP contribution is -1.82. The number of phenols is 1. The number of aromatic nitrogens is 2. The molecule has 0 saturated heterocycles. The average Bonchev–Trinajstić information content (AvgIpc) is 3.08. The minimum atomic E-state index is 0.272. The lowest BCUT2D eigenvalue weighted by atomic mass is 10.1. The minimum Gasteiger partial charge on any atom is -0.508 e. The number of aliphatic imine (C=N–C) groups is 1. The summed E-state index contributed by atoms with van der Waals surface area (Å²) in [6.45, 7) is 8.03. The van der Waals surface area contributed by atoms with Crippen LogP contribution < -0.4 is 0 Å². The monoisotopic (exact) mass is 363 g/mol. The molecule has 1 aromatic carbocycles. The van der Waals surface area contributed by atoms with Crippen LogP contribution >= 0.6 is 0 Å². The normalized spacial score (nSPS) is 10.9. The molecule has 4 heteroatoms. The number of nitrogens with one attached hydrogen (secondary N) is 1. The third kappa shape index (κ3) is 6.94. The van der Waals surface area contributed by atoms with Crippen molar-refractivity contribution < 1.29 is 5.11 Å². The first-order valence-corrected chi connectivity index (χ1v) is 9.09. The van der Waals surface area contributed by atoms with Gasteiger partial charge in [0.15, 0.2) is 0 Å². The molecule has 0 spiro atoms. The van der Waals surface area contributed by atoms with Crippen LogP contribution in [0.2, 0.25) is 0 Å². The van der Waals surface area contributed by atoms with E-state index in [0.717, 1.165) is 22.2 Å². The van der Waals surface area contributed by atoms with E-state index < -0.39 is 0 Å². The fourth-order valence-corrected chi connectivity index (χ4v) is 2.29. The summed E-state index contributed by atoms with van der Waals surface area (Å²) in [5.74, 6) is 0.272. The van der Waals surface area contributed by atoms with Gasteiger partial charge in [-0.3, -0.25) is 4.99 Å². The molecule has 0 aliphatic heterocycles. The summed E-state index contributed by atoms with van der Waals surface area (Å²) in [5.41, 5.74) is 4.05. The maximum atomic E-state index is 9.48. The van der Waals surface area contributed by atoms with Crippen molar-refractivity contribution in [1.29, 1.82) is 0 Å². The van der Waals surface area contributed by atoms with Gasteiger partial charge in [-0.1, -0.05) is 44.2 Å². The summed E-state index contributed by atoms with van der Waals surface area (Å²) < 4.78 is 0. The van der Waals surface area contributed by atoms with Crippen molar-refractivity contribution in [2.75, 3.05) is 7.05 Å². The first kappa shape index (κ1) is 21.9. The van der Waals surface area contributed by atoms with E-state index in [-0.39, 0.29) is 5.75 Å². The van der Waals surface area contributed by atoms with Gasteiger partial charge in [0.05, 0.1) is 0 Å². The van der Waals surface area contributed by atoms with Gasteiger partial charge in [-0.05, 0) is 49.2 Å². The molecule has 0 saturated carbocycles. The van der Waals surface area contributed by atoms with Gasteiger partial charge in [-0.15, -0.1) is 0 Å². The Labute approximate surface area is 162 Å². The Morgan fingerprint density at radius 3 is 2.52 bits per heavy atom. The topological polar surface area (TPSA) is 61.3 Å². The molecule has 0 aliphatic rings. The van der Waals surface area contributed by atoms with Crippen LogP contribution in [0.3, 0.4) is 0 Å². The number of hydrogen-bond donors (Lipinski definition) is 2. The molecule has 142 valence electrons. The van der Waals surface area contributed by atoms with E-state index in [9.17, 15) is 5.11 Å². The number of benzene rings is 1. The predicted octanol–water partition coefficient (Wildman–Crippen LogP) is 6.09. The largest absolute Gasteiger partial charge is 0.508 e. The lowest BCUT2D eigenvalue weighted by Gasteiger charge is -2.02. The van der Waals surface area contributed by atoms with Gasteiger partial charge in [0.2, 0.25) is 0 Å². The van der Waals surface area contributed by atoms with Crippen LogP contribution in [-0.2, 0) is 0 Å². The third-order valence-electron chi connectivity index (χ3n) is 3.57. The number of phenolic OH excluding ortho intramolecular Hbond substituents is 1. The number of aromatic amines is 1. The highest BCUT2D eigenvalue weighted by Gasteiger charge is 2.04. The van der Waals surface area contributed by atoms with Crippen LogP contribution in [0.1, 0.15) is 26.3 Å². The fraction of sp³-hybridized carbons (Fsp3) is 0.217. The Morgan fingerprint density at radius 2 is 1.85 bits per heavy atom. The Hall–Kier alpha value is -3.14. The molecule has 0 aliphatic carbocycles. The van der Waals surface area contributed by atoms with Gasteiger partial charge in [0, 0.05) is 36.6 Å². The molecule has 0 atom stereocenters. The zero-order chi connectivity index (χ0) is 20.1. The van der Waals surface area contributed by atoms with Crippen molar-refractivity contribution in [2.45, 2.75) is 27.7 Å². The third-order valence-corrected chi connectivity index (χ3v) is 3.57. The van der Waals surface area contributed by atoms with Crippen LogP contribution in [0.15, 0.2) is 72.0 Å². The molecule has 3 rings (SSSR count). The summed E-state index contributed by atoms with van der Waals surface area (Å²) in [7, 11) is 1.75. The van der Waals surface area contributed by atoms with Crippen molar-refractivity contribution in [3.8, 4) is 16.9 Å². The zero-order valence-electron chi connectivity index (χ0n) is 16.8. The van der Waals surface area contributed by atoms with Gasteiger partial charge >= 0.3 is 0 Å². The molecular formula is C23H29N3O. The van der Waals surface area contributed by atoms with Gasteiger partial charge in [-0.25, -0.2) is 4.98 Å². The standard InChI is InChI=1S/C14H12N2O.C7H11N.C2H6/c1-9-7-15-14-13(9)6-11(8-16-14)10-3-2-4-12(17)5-10;1-3-4-5-6-7-8-2;1-2/h2-8,17H,1H3,(H,15,16);3-7H,1-2H3;1-2H3/b;4-3+,6-5-,8-7?;. The Morgan fingerprint density at radius 1 is 1.07 bits per heavy atom. The molecule has 2 N–H and O–H groups in total. The zero-order valence-corrected chi connectivity index (χ0v) is 16.8. The van der Waals surface area contributed by atoms with E-state index in [1.165, 1.54) is 5.56 Å². The number of pyridine rings is 1. The summed E-state index contributed by atoms with van der Waals surface area (Å²) in [6, 6.07) is 9.29. The fourth-order valence-electron chi connectivity index (χ4n) is 2.29. The highest BCUT2D eigenvalue weighted by atomic mass is 16.3. The minimum absolute atomic E-state index is 0.272. The van der Waals surface area contributed by atoms with Crippen LogP contribution in [0, 0.1) is 6.92 Å². The lowest BCUT2D eigenvalue weighted by molar-refractivity contribution is 0.475. The molecule has 0 amide bonds. The summed E-state index contributed by atoms with van der Waals surface area (Å²) >= 11 is 0. The summed E-state index contributed by atoms with van der Waals surface area (Å²) in [5, 5.41) is 10.6. The first-order valence-electron chi connectivity index (χ1n) is 9.09. The molecule has 0 fully saturated rings. The van der Waals surface area contributed by atoms with Gasteiger partial charge in [0.25, 0.3) is 0 Å². The van der Waals surface area contributed by atoms with Crippen molar-refractivity contribution in [2.24, 2.45) is 4.99 Å². The second-order valence-corrected chi connectivity index (χ2v) is 5.46. The van der Waals surface area contributed by atoms with E-state index in [2.05, 4.69) is 21.0 Å². The van der Waals surface area contributed by atoms with E-state index in [0.29, 0.717) is 0 Å². The van der Waals surface area contributed by atoms with E-state index in [1.807, 2.05) is 76.5 Å². The number of aromatic hydroxyl groups is 1. The molecular weight excluding hydrogens is 334 g/mol. The molecule has 0 radical (unpaired) electrons. The molecule has 2 heterocycles. The number of H-pyrrole nitrogens is 1. The van der Waals surface area contributed by atoms with Crippen molar-refractivity contribution in [1.82, 2.24) is 9.97 Å². The second-order valence-electron chi connectivity index (χ2n) is 5.46. The number of aryl methyl sites for hydroxylation is 1. The van der Waals surface area contributed by atoms with Crippen molar-refractivity contribution >= 4 is 17.2 Å². The SMILES string of the molecule is C/C=C/C=C\C=NC.CC.Cc1c[nH]c2ncc(-c3cccc(O)c3)cc12. The molecule has 0 unspecified atom stereocenters. The van der Waals surface area contributed by atoms with Gasteiger partial charge in [-0.2, -0.15) is 0 Å². The number of rotatable bonds is 3. The maximum Gasteiger partial charge on any atom is 0.137 e. The van der Waals surface area contributed by atoms with Crippen molar-refractivity contribution in [3.05, 3.63) is 72.6 Å². The van der Waals surface area contributed by atoms with Crippen LogP contribution in [0.5, 0.6) is 5.75 Å². The highest BCUT2D eigenvalue weighted by molar-refractivity contribution is 5.84. The first-order chi connectivity index (χ1) is 13.2. The quantitative estimate of drug-likeness (QED) is 0.437. The number of nitrogens with zero attached hydrogens (tertiary/aromatic N) is 2. The predicted molar refractivity (Wildman–Crippen MR) is 118 cm³/mol. The second kappa shape index (κ2) is 12.3. The molecule has 3 aromatic rings. The molecule has 27 heavy (non-hydrogen) atoms. The molecule has 0 bridgehead atoms. The molecule has 4 nitrogen and oxygen atoms in total. The Kier molecular flexibility index (Phi) is 9.94. The van der Waals surface area contributed by atoms with E-state index in [4.69, 9.17) is 0 Å². The number of allylic oxidation sites excluding steroid dienone is 4. The van der Waals surface area contributed by atoms with Crippen LogP contribution in [0.4, 0.5) is 0 Å². The van der Waals surface area contributed by atoms with Crippen LogP contribution in [-0.4, -0.2) is 28.3 Å². The summed E-state index contributed by atoms with van der Waals surface area (Å²) in [4.78, 5) is 11.3. The van der Waals surface area contributed by atoms with Gasteiger partial charge in [0.1, 0.15) is 11.4 Å². The van der Waals surface area contributed by atoms with E-state index in [1.54, 1.807) is 25.4 Å². The Bertz CT molecular complexity index is 891. The smallest absolute Gasteiger partial charge is 0.137 e. The van der Waals surface area contributed by atoms with Gasteiger partial charge < -0.3 is 10.1 Å². The molecule has 2 aromatic heterocycles. The average molecular weight is 364 g/mol. The Balaban J connectivity index is 0.000000312. The van der Waals surface area contributed by atoms with Crippen LogP contribution in [0.25, 0.3) is 22.2 Å².